The van der Waals surface area contributed by atoms with E-state index in [0.29, 0.717) is 18.7 Å². The van der Waals surface area contributed by atoms with E-state index in [2.05, 4.69) is 65.0 Å². The average Bonchev–Trinajstić information content (AvgIpc) is 2.73. The van der Waals surface area contributed by atoms with Crippen LogP contribution in [0.1, 0.15) is 24.1 Å². The van der Waals surface area contributed by atoms with Gasteiger partial charge in [0.25, 0.3) is 0 Å². The molecule has 1 unspecified atom stereocenters. The van der Waals surface area contributed by atoms with E-state index in [4.69, 9.17) is 4.74 Å². The zero-order chi connectivity index (χ0) is 19.9. The molecule has 0 saturated heterocycles. The van der Waals surface area contributed by atoms with Crippen LogP contribution in [0.3, 0.4) is 0 Å². The molecule has 0 heterocycles. The van der Waals surface area contributed by atoms with Gasteiger partial charge in [0.2, 0.25) is 0 Å². The number of aliphatic imine (C=N–C) groups is 1. The van der Waals surface area contributed by atoms with Gasteiger partial charge in [0.15, 0.2) is 5.96 Å². The molecule has 0 aliphatic heterocycles. The second-order valence-corrected chi connectivity index (χ2v) is 6.72. The van der Waals surface area contributed by atoms with Crippen molar-refractivity contribution in [1.82, 2.24) is 10.6 Å². The second kappa shape index (κ2) is 10.9. The summed E-state index contributed by atoms with van der Waals surface area (Å²) in [5.74, 6) is 1.62. The van der Waals surface area contributed by atoms with Gasteiger partial charge in [0.05, 0.1) is 13.2 Å². The number of phenols is 1. The lowest BCUT2D eigenvalue weighted by Crippen LogP contribution is -2.39. The molecule has 0 bridgehead atoms. The highest BCUT2D eigenvalue weighted by Gasteiger charge is 2.09. The summed E-state index contributed by atoms with van der Waals surface area (Å²) in [6.07, 6.45) is 0.681. The second-order valence-electron chi connectivity index (χ2n) is 6.72. The van der Waals surface area contributed by atoms with Gasteiger partial charge < -0.3 is 20.5 Å². The Morgan fingerprint density at radius 2 is 1.83 bits per heavy atom. The third-order valence-corrected chi connectivity index (χ3v) is 4.83. The van der Waals surface area contributed by atoms with Crippen LogP contribution in [0.2, 0.25) is 0 Å². The van der Waals surface area contributed by atoms with E-state index in [-0.39, 0.29) is 35.8 Å². The molecule has 0 fully saturated rings. The van der Waals surface area contributed by atoms with E-state index in [0.717, 1.165) is 11.5 Å². The minimum absolute atomic E-state index is 0. The van der Waals surface area contributed by atoms with Gasteiger partial charge in [-0.1, -0.05) is 42.5 Å². The Morgan fingerprint density at radius 3 is 2.52 bits per heavy atom. The molecule has 3 rings (SSSR count). The van der Waals surface area contributed by atoms with Crippen LogP contribution in [-0.2, 0) is 6.42 Å². The zero-order valence-electron chi connectivity index (χ0n) is 17.0. The molecule has 5 nitrogen and oxygen atoms in total. The van der Waals surface area contributed by atoms with E-state index in [1.807, 2.05) is 12.1 Å². The van der Waals surface area contributed by atoms with Crippen LogP contribution < -0.4 is 15.4 Å². The molecule has 0 radical (unpaired) electrons. The van der Waals surface area contributed by atoms with Crippen molar-refractivity contribution in [2.75, 3.05) is 20.7 Å². The fourth-order valence-corrected chi connectivity index (χ4v) is 3.16. The van der Waals surface area contributed by atoms with Crippen molar-refractivity contribution < 1.29 is 9.84 Å². The van der Waals surface area contributed by atoms with Crippen molar-refractivity contribution in [2.45, 2.75) is 19.4 Å². The number of nitrogens with zero attached hydrogens (tertiary/aromatic N) is 1. The number of benzene rings is 3. The quantitative estimate of drug-likeness (QED) is 0.260. The summed E-state index contributed by atoms with van der Waals surface area (Å²) in [7, 11) is 3.34. The molecule has 0 spiro atoms. The van der Waals surface area contributed by atoms with Gasteiger partial charge in [-0.15, -0.1) is 24.0 Å². The number of guanidine groups is 1. The normalized spacial score (nSPS) is 12.2. The van der Waals surface area contributed by atoms with E-state index < -0.39 is 0 Å². The first-order valence-corrected chi connectivity index (χ1v) is 9.42. The SMILES string of the molecule is CN=C(NCCc1ccc(OC)cc1O)NC(C)c1ccc2ccccc2c1.I. The monoisotopic (exact) mass is 505 g/mol. The molecular weight excluding hydrogens is 477 g/mol. The summed E-state index contributed by atoms with van der Waals surface area (Å²) in [5, 5.41) is 19.3. The van der Waals surface area contributed by atoms with Crippen molar-refractivity contribution in [3.63, 3.8) is 0 Å². The number of ether oxygens (including phenoxy) is 1. The lowest BCUT2D eigenvalue weighted by Gasteiger charge is -2.19. The minimum atomic E-state index is 0. The number of methoxy groups -OCH3 is 1. The van der Waals surface area contributed by atoms with Gasteiger partial charge in [0.1, 0.15) is 11.5 Å². The van der Waals surface area contributed by atoms with E-state index >= 15 is 0 Å². The highest BCUT2D eigenvalue weighted by atomic mass is 127. The molecule has 3 N–H and O–H groups in total. The molecule has 0 aliphatic carbocycles. The lowest BCUT2D eigenvalue weighted by molar-refractivity contribution is 0.406. The van der Waals surface area contributed by atoms with E-state index in [1.165, 1.54) is 16.3 Å². The summed E-state index contributed by atoms with van der Waals surface area (Å²) >= 11 is 0. The van der Waals surface area contributed by atoms with Gasteiger partial charge in [-0.3, -0.25) is 4.99 Å². The Morgan fingerprint density at radius 1 is 1.07 bits per heavy atom. The van der Waals surface area contributed by atoms with Crippen LogP contribution in [0.25, 0.3) is 10.8 Å². The van der Waals surface area contributed by atoms with Gasteiger partial charge >= 0.3 is 0 Å². The summed E-state index contributed by atoms with van der Waals surface area (Å²) in [6.45, 7) is 2.77. The Kier molecular flexibility index (Phi) is 8.57. The molecule has 29 heavy (non-hydrogen) atoms. The molecule has 0 amide bonds. The van der Waals surface area contributed by atoms with Crippen LogP contribution >= 0.6 is 24.0 Å². The van der Waals surface area contributed by atoms with Crippen molar-refractivity contribution in [3.05, 3.63) is 71.8 Å². The number of hydrogen-bond donors (Lipinski definition) is 3. The number of aromatic hydroxyl groups is 1. The van der Waals surface area contributed by atoms with Crippen molar-refractivity contribution in [2.24, 2.45) is 4.99 Å². The lowest BCUT2D eigenvalue weighted by atomic mass is 10.0. The Balaban J connectivity index is 0.00000300. The highest BCUT2D eigenvalue weighted by molar-refractivity contribution is 14.0. The zero-order valence-corrected chi connectivity index (χ0v) is 19.3. The molecule has 6 heteroatoms. The molecule has 3 aromatic rings. The summed E-state index contributed by atoms with van der Waals surface area (Å²) in [4.78, 5) is 4.31. The predicted molar refractivity (Wildman–Crippen MR) is 131 cm³/mol. The van der Waals surface area contributed by atoms with Gasteiger partial charge in [0, 0.05) is 19.7 Å². The topological polar surface area (TPSA) is 65.9 Å². The molecule has 1 atom stereocenters. The summed E-state index contributed by atoms with van der Waals surface area (Å²) in [6, 6.07) is 20.3. The highest BCUT2D eigenvalue weighted by Crippen LogP contribution is 2.23. The number of halogens is 1. The average molecular weight is 505 g/mol. The largest absolute Gasteiger partial charge is 0.508 e. The molecule has 0 saturated carbocycles. The standard InChI is InChI=1S/C23H27N3O2.HI/c1-16(19-9-8-17-6-4-5-7-20(17)14-19)26-23(24-2)25-13-12-18-10-11-21(28-3)15-22(18)27;/h4-11,14-16,27H,12-13H2,1-3H3,(H2,24,25,26);1H. The number of rotatable bonds is 6. The van der Waals surface area contributed by atoms with Crippen LogP contribution in [0, 0.1) is 0 Å². The Labute approximate surface area is 189 Å². The first kappa shape index (κ1) is 22.8. The summed E-state index contributed by atoms with van der Waals surface area (Å²) in [5.41, 5.74) is 2.07. The number of phenolic OH excluding ortho intramolecular Hbond substituents is 1. The fourth-order valence-electron chi connectivity index (χ4n) is 3.16. The molecule has 154 valence electrons. The van der Waals surface area contributed by atoms with Gasteiger partial charge in [-0.25, -0.2) is 0 Å². The van der Waals surface area contributed by atoms with Crippen molar-refractivity contribution >= 4 is 40.7 Å². The third kappa shape index (κ3) is 6.00. The van der Waals surface area contributed by atoms with Gasteiger partial charge in [-0.2, -0.15) is 0 Å². The van der Waals surface area contributed by atoms with Crippen molar-refractivity contribution in [1.29, 1.82) is 0 Å². The molecule has 3 aromatic carbocycles. The summed E-state index contributed by atoms with van der Waals surface area (Å²) < 4.78 is 5.12. The van der Waals surface area contributed by atoms with Crippen molar-refractivity contribution in [3.8, 4) is 11.5 Å². The maximum absolute atomic E-state index is 10.1. The van der Waals surface area contributed by atoms with Crippen LogP contribution in [0.15, 0.2) is 65.7 Å². The molecular formula is C23H28IN3O2. The third-order valence-electron chi connectivity index (χ3n) is 4.83. The maximum Gasteiger partial charge on any atom is 0.191 e. The number of nitrogens with one attached hydrogen (secondary N) is 2. The molecule has 0 aromatic heterocycles. The minimum Gasteiger partial charge on any atom is -0.508 e. The van der Waals surface area contributed by atoms with Crippen LogP contribution in [-0.4, -0.2) is 31.8 Å². The Hall–Kier alpha value is -2.48. The maximum atomic E-state index is 10.1. The van der Waals surface area contributed by atoms with Crippen LogP contribution in [0.4, 0.5) is 0 Å². The van der Waals surface area contributed by atoms with Gasteiger partial charge in [-0.05, 0) is 47.4 Å². The smallest absolute Gasteiger partial charge is 0.191 e. The first-order valence-electron chi connectivity index (χ1n) is 9.42. The van der Waals surface area contributed by atoms with E-state index in [9.17, 15) is 5.11 Å². The molecule has 0 aliphatic rings. The fraction of sp³-hybridized carbons (Fsp3) is 0.261. The number of hydrogen-bond acceptors (Lipinski definition) is 3. The number of fused-ring (bicyclic) bond motifs is 1. The predicted octanol–water partition coefficient (Wildman–Crippen LogP) is 4.64. The first-order chi connectivity index (χ1) is 13.6. The van der Waals surface area contributed by atoms with Crippen LogP contribution in [0.5, 0.6) is 11.5 Å². The Bertz CT molecular complexity index is 975. The van der Waals surface area contributed by atoms with E-state index in [1.54, 1.807) is 20.2 Å².